The molecule has 0 fully saturated rings. The molecule has 42 valence electrons. The summed E-state index contributed by atoms with van der Waals surface area (Å²) in [6.45, 7) is 0. The minimum atomic E-state index is -0.168. The van der Waals surface area contributed by atoms with Gasteiger partial charge in [-0.25, -0.2) is 0 Å². The smallest absolute Gasteiger partial charge is 0.252 e. The van der Waals surface area contributed by atoms with Gasteiger partial charge in [0.25, 0.3) is 5.91 Å². The van der Waals surface area contributed by atoms with Crippen molar-refractivity contribution in [1.29, 1.82) is 0 Å². The van der Waals surface area contributed by atoms with Gasteiger partial charge in [0.15, 0.2) is 6.40 Å². The van der Waals surface area contributed by atoms with Crippen LogP contribution in [0.4, 0.5) is 0 Å². The molecule has 0 spiro atoms. The molecule has 0 N–H and O–H groups in total. The largest absolute Gasteiger partial charge is 0.454 e. The fourth-order valence-electron chi connectivity index (χ4n) is 0.382. The Bertz CT molecular complexity index is 149. The second-order valence-corrected chi connectivity index (χ2v) is 1.34. The Morgan fingerprint density at radius 3 is 3.50 bits per heavy atom. The van der Waals surface area contributed by atoms with Gasteiger partial charge in [0, 0.05) is 0 Å². The maximum absolute atomic E-state index is 10.4. The maximum Gasteiger partial charge on any atom is 0.252 e. The number of hydrogen-bond acceptors (Lipinski definition) is 2. The van der Waals surface area contributed by atoms with Crippen molar-refractivity contribution in [3.63, 3.8) is 0 Å². The van der Waals surface area contributed by atoms with Crippen LogP contribution >= 0.6 is 0 Å². The van der Waals surface area contributed by atoms with Gasteiger partial charge in [-0.05, 0) is 6.08 Å². The zero-order valence-electron chi connectivity index (χ0n) is 4.20. The van der Waals surface area contributed by atoms with Crippen molar-refractivity contribution in [3.8, 4) is 0 Å². The Morgan fingerprint density at radius 2 is 2.62 bits per heavy atom. The summed E-state index contributed by atoms with van der Waals surface area (Å²) in [6.07, 6.45) is 4.53. The third-order valence-electron chi connectivity index (χ3n) is 0.725. The van der Waals surface area contributed by atoms with Crippen LogP contribution in [0.2, 0.25) is 0 Å². The number of ether oxygens (including phenoxy) is 1. The van der Waals surface area contributed by atoms with Gasteiger partial charge in [0.1, 0.15) is 0 Å². The minimum Gasteiger partial charge on any atom is -0.454 e. The average molecular weight is 111 g/mol. The van der Waals surface area contributed by atoms with Crippen LogP contribution in [-0.2, 0) is 9.53 Å². The molecule has 0 aromatic carbocycles. The molecule has 3 heteroatoms. The van der Waals surface area contributed by atoms with Crippen LogP contribution in [-0.4, -0.2) is 12.3 Å². The number of amides is 1. The molecule has 0 aliphatic carbocycles. The molecule has 0 saturated carbocycles. The lowest BCUT2D eigenvalue weighted by Crippen LogP contribution is -1.87. The highest BCUT2D eigenvalue weighted by Crippen LogP contribution is 1.91. The van der Waals surface area contributed by atoms with Crippen LogP contribution in [0.1, 0.15) is 6.42 Å². The second-order valence-electron chi connectivity index (χ2n) is 1.34. The molecule has 1 amide bonds. The van der Waals surface area contributed by atoms with Gasteiger partial charge >= 0.3 is 0 Å². The molecule has 8 heavy (non-hydrogen) atoms. The average Bonchev–Trinajstić information content (AvgIpc) is 1.94. The van der Waals surface area contributed by atoms with E-state index in [-0.39, 0.29) is 5.91 Å². The normalized spacial score (nSPS) is 17.8. The van der Waals surface area contributed by atoms with Crippen LogP contribution in [0.15, 0.2) is 17.3 Å². The van der Waals surface area contributed by atoms with E-state index in [0.29, 0.717) is 6.42 Å². The van der Waals surface area contributed by atoms with Crippen molar-refractivity contribution >= 4 is 12.3 Å². The Morgan fingerprint density at radius 1 is 1.75 bits per heavy atom. The molecule has 0 bridgehead atoms. The fourth-order valence-corrected chi connectivity index (χ4v) is 0.382. The van der Waals surface area contributed by atoms with Gasteiger partial charge < -0.3 is 4.74 Å². The summed E-state index contributed by atoms with van der Waals surface area (Å²) in [4.78, 5) is 13.7. The molecule has 1 aliphatic rings. The van der Waals surface area contributed by atoms with E-state index in [4.69, 9.17) is 0 Å². The zero-order valence-corrected chi connectivity index (χ0v) is 4.20. The summed E-state index contributed by atoms with van der Waals surface area (Å²) in [5, 5.41) is 0. The Hall–Kier alpha value is -1.12. The van der Waals surface area contributed by atoms with E-state index in [0.717, 1.165) is 6.40 Å². The predicted molar refractivity (Wildman–Crippen MR) is 28.3 cm³/mol. The highest BCUT2D eigenvalue weighted by Gasteiger charge is 1.94. The molecule has 0 unspecified atom stereocenters. The summed E-state index contributed by atoms with van der Waals surface area (Å²) in [7, 11) is 0. The summed E-state index contributed by atoms with van der Waals surface area (Å²) in [6, 6.07) is 0. The van der Waals surface area contributed by atoms with Crippen LogP contribution in [0.3, 0.4) is 0 Å². The van der Waals surface area contributed by atoms with E-state index in [9.17, 15) is 4.79 Å². The van der Waals surface area contributed by atoms with E-state index >= 15 is 0 Å². The molecule has 1 rings (SSSR count). The molecule has 3 nitrogen and oxygen atoms in total. The first-order valence-corrected chi connectivity index (χ1v) is 2.25. The SMILES string of the molecule is O=C1CC=COC=N1. The summed E-state index contributed by atoms with van der Waals surface area (Å²) >= 11 is 0. The zero-order chi connectivity index (χ0) is 5.82. The molecular formula is C5H5NO2. The first-order valence-electron chi connectivity index (χ1n) is 2.25. The van der Waals surface area contributed by atoms with Gasteiger partial charge in [0.2, 0.25) is 0 Å². The molecule has 0 radical (unpaired) electrons. The summed E-state index contributed by atoms with van der Waals surface area (Å²) in [5.41, 5.74) is 0. The van der Waals surface area contributed by atoms with Crippen LogP contribution in [0, 0.1) is 0 Å². The van der Waals surface area contributed by atoms with Crippen molar-refractivity contribution < 1.29 is 9.53 Å². The van der Waals surface area contributed by atoms with Gasteiger partial charge in [0.05, 0.1) is 12.7 Å². The molecule has 0 aromatic heterocycles. The number of rotatable bonds is 0. The van der Waals surface area contributed by atoms with Gasteiger partial charge in [-0.1, -0.05) is 0 Å². The Kier molecular flexibility index (Phi) is 1.42. The van der Waals surface area contributed by atoms with Crippen molar-refractivity contribution in [3.05, 3.63) is 12.3 Å². The quantitative estimate of drug-likeness (QED) is 0.456. The van der Waals surface area contributed by atoms with E-state index in [1.165, 1.54) is 6.26 Å². The van der Waals surface area contributed by atoms with E-state index in [1.54, 1.807) is 6.08 Å². The molecule has 0 saturated heterocycles. The first-order chi connectivity index (χ1) is 3.89. The minimum absolute atomic E-state index is 0.168. The van der Waals surface area contributed by atoms with Gasteiger partial charge in [-0.3, -0.25) is 4.79 Å². The van der Waals surface area contributed by atoms with E-state index in [2.05, 4.69) is 9.73 Å². The molecule has 0 atom stereocenters. The molecule has 1 aliphatic heterocycles. The number of carbonyl (C=O) groups excluding carboxylic acids is 1. The van der Waals surface area contributed by atoms with Crippen molar-refractivity contribution in [2.24, 2.45) is 4.99 Å². The van der Waals surface area contributed by atoms with Crippen LogP contribution in [0.25, 0.3) is 0 Å². The summed E-state index contributed by atoms with van der Waals surface area (Å²) < 4.78 is 4.57. The van der Waals surface area contributed by atoms with Crippen molar-refractivity contribution in [2.75, 3.05) is 0 Å². The molecule has 1 heterocycles. The summed E-state index contributed by atoms with van der Waals surface area (Å²) in [5.74, 6) is -0.168. The van der Waals surface area contributed by atoms with Crippen molar-refractivity contribution in [1.82, 2.24) is 0 Å². The molecular weight excluding hydrogens is 106 g/mol. The monoisotopic (exact) mass is 111 g/mol. The second kappa shape index (κ2) is 2.26. The molecule has 0 aromatic rings. The maximum atomic E-state index is 10.4. The first kappa shape index (κ1) is 5.03. The topological polar surface area (TPSA) is 38.7 Å². The third-order valence-corrected chi connectivity index (χ3v) is 0.725. The highest BCUT2D eigenvalue weighted by atomic mass is 16.5. The lowest BCUT2D eigenvalue weighted by molar-refractivity contribution is -0.116. The van der Waals surface area contributed by atoms with Crippen molar-refractivity contribution in [2.45, 2.75) is 6.42 Å². The number of carbonyl (C=O) groups is 1. The Labute approximate surface area is 46.7 Å². The lowest BCUT2D eigenvalue weighted by Gasteiger charge is -1.78. The number of nitrogens with zero attached hydrogens (tertiary/aromatic N) is 1. The number of aliphatic imine (C=N–C) groups is 1. The third kappa shape index (κ3) is 1.18. The fraction of sp³-hybridized carbons (Fsp3) is 0.200. The predicted octanol–water partition coefficient (Wildman–Crippen LogP) is 0.475. The lowest BCUT2D eigenvalue weighted by atomic mass is 10.4. The van der Waals surface area contributed by atoms with Gasteiger partial charge in [-0.15, -0.1) is 0 Å². The van der Waals surface area contributed by atoms with E-state index < -0.39 is 0 Å². The van der Waals surface area contributed by atoms with E-state index in [1.807, 2.05) is 0 Å². The van der Waals surface area contributed by atoms with Crippen LogP contribution < -0.4 is 0 Å². The number of hydrogen-bond donors (Lipinski definition) is 0. The Balaban J connectivity index is 2.61. The van der Waals surface area contributed by atoms with Crippen LogP contribution in [0.5, 0.6) is 0 Å². The van der Waals surface area contributed by atoms with Gasteiger partial charge in [-0.2, -0.15) is 4.99 Å². The highest BCUT2D eigenvalue weighted by molar-refractivity contribution is 5.84. The standard InChI is InChI=1S/C5H5NO2/c7-5-2-1-3-8-4-6-5/h1,3-4H,2H2.